The molecule has 0 radical (unpaired) electrons. The lowest BCUT2D eigenvalue weighted by Crippen LogP contribution is -2.41. The number of nitrogens with one attached hydrogen (secondary N) is 4. The van der Waals surface area contributed by atoms with Crippen LogP contribution in [0.4, 0.5) is 5.69 Å². The highest BCUT2D eigenvalue weighted by molar-refractivity contribution is 7.92. The SMILES string of the molecule is COc1ccccc1NS(=O)(=O)c1cccc(C(=O)NNC(=O)c2ccc(CNC(C)=O)cc2)c1. The maximum absolute atomic E-state index is 12.8. The van der Waals surface area contributed by atoms with Crippen molar-refractivity contribution in [3.8, 4) is 5.75 Å². The van der Waals surface area contributed by atoms with E-state index < -0.39 is 21.8 Å². The molecule has 0 saturated carbocycles. The molecule has 0 fully saturated rings. The molecule has 4 N–H and O–H groups in total. The van der Waals surface area contributed by atoms with Gasteiger partial charge >= 0.3 is 0 Å². The molecule has 0 atom stereocenters. The molecule has 0 bridgehead atoms. The summed E-state index contributed by atoms with van der Waals surface area (Å²) in [6.07, 6.45) is 0. The average Bonchev–Trinajstić information content (AvgIpc) is 2.86. The fraction of sp³-hybridized carbons (Fsp3) is 0.125. The molecule has 0 unspecified atom stereocenters. The van der Waals surface area contributed by atoms with Gasteiger partial charge in [0, 0.05) is 24.6 Å². The van der Waals surface area contributed by atoms with Gasteiger partial charge in [0.15, 0.2) is 0 Å². The van der Waals surface area contributed by atoms with Gasteiger partial charge in [-0.3, -0.25) is 30.0 Å². The summed E-state index contributed by atoms with van der Waals surface area (Å²) >= 11 is 0. The Morgan fingerprint density at radius 3 is 2.14 bits per heavy atom. The molecule has 182 valence electrons. The standard InChI is InChI=1S/C24H24N4O6S/c1-16(29)25-15-17-10-12-18(13-11-17)23(30)26-27-24(31)19-6-5-7-20(14-19)35(32,33)28-21-8-3-4-9-22(21)34-2/h3-14,28H,15H2,1-2H3,(H,25,29)(H,26,30)(H,27,31). The van der Waals surface area contributed by atoms with Gasteiger partial charge in [-0.1, -0.05) is 30.3 Å². The Kier molecular flexibility index (Phi) is 8.05. The van der Waals surface area contributed by atoms with Gasteiger partial charge in [0.25, 0.3) is 21.8 Å². The summed E-state index contributed by atoms with van der Waals surface area (Å²) < 4.78 is 33.2. The summed E-state index contributed by atoms with van der Waals surface area (Å²) in [6.45, 7) is 1.74. The Hall–Kier alpha value is -4.38. The van der Waals surface area contributed by atoms with Crippen LogP contribution in [0.2, 0.25) is 0 Å². The van der Waals surface area contributed by atoms with Crippen molar-refractivity contribution in [3.63, 3.8) is 0 Å². The number of sulfonamides is 1. The lowest BCUT2D eigenvalue weighted by molar-refractivity contribution is -0.119. The quantitative estimate of drug-likeness (QED) is 0.352. The van der Waals surface area contributed by atoms with Crippen molar-refractivity contribution in [2.24, 2.45) is 0 Å². The number of amides is 3. The maximum Gasteiger partial charge on any atom is 0.269 e. The molecule has 10 nitrogen and oxygen atoms in total. The van der Waals surface area contributed by atoms with Crippen LogP contribution in [-0.4, -0.2) is 33.2 Å². The smallest absolute Gasteiger partial charge is 0.269 e. The third-order valence-electron chi connectivity index (χ3n) is 4.80. The van der Waals surface area contributed by atoms with Crippen LogP contribution in [0.25, 0.3) is 0 Å². The number of methoxy groups -OCH3 is 1. The van der Waals surface area contributed by atoms with Crippen molar-refractivity contribution in [3.05, 3.63) is 89.5 Å². The summed E-state index contributed by atoms with van der Waals surface area (Å²) in [5.41, 5.74) is 5.93. The first-order chi connectivity index (χ1) is 16.7. The van der Waals surface area contributed by atoms with Crippen LogP contribution in [0.15, 0.2) is 77.7 Å². The van der Waals surface area contributed by atoms with E-state index in [1.165, 1.54) is 38.3 Å². The number of hydrogen-bond acceptors (Lipinski definition) is 6. The van der Waals surface area contributed by atoms with E-state index in [0.717, 1.165) is 5.56 Å². The third kappa shape index (κ3) is 6.81. The van der Waals surface area contributed by atoms with Gasteiger partial charge in [-0.25, -0.2) is 8.42 Å². The molecule has 11 heteroatoms. The second-order valence-corrected chi connectivity index (χ2v) is 9.03. The molecule has 0 aliphatic heterocycles. The van der Waals surface area contributed by atoms with E-state index in [1.54, 1.807) is 48.5 Å². The van der Waals surface area contributed by atoms with E-state index >= 15 is 0 Å². The van der Waals surface area contributed by atoms with Crippen LogP contribution in [0.3, 0.4) is 0 Å². The molecule has 0 aliphatic rings. The predicted molar refractivity (Wildman–Crippen MR) is 129 cm³/mol. The highest BCUT2D eigenvalue weighted by Gasteiger charge is 2.18. The van der Waals surface area contributed by atoms with Crippen molar-refractivity contribution in [1.82, 2.24) is 16.2 Å². The van der Waals surface area contributed by atoms with Crippen molar-refractivity contribution < 1.29 is 27.5 Å². The van der Waals surface area contributed by atoms with Gasteiger partial charge in [0.1, 0.15) is 5.75 Å². The number of carbonyl (C=O) groups excluding carboxylic acids is 3. The first kappa shape index (κ1) is 25.2. The Bertz CT molecular complexity index is 1340. The third-order valence-corrected chi connectivity index (χ3v) is 6.17. The zero-order chi connectivity index (χ0) is 25.4. The number of anilines is 1. The maximum atomic E-state index is 12.8. The molecule has 3 aromatic rings. The fourth-order valence-electron chi connectivity index (χ4n) is 3.00. The van der Waals surface area contributed by atoms with E-state index in [4.69, 9.17) is 4.74 Å². The van der Waals surface area contributed by atoms with Crippen LogP contribution in [0.1, 0.15) is 33.2 Å². The number of benzene rings is 3. The minimum atomic E-state index is -4.01. The van der Waals surface area contributed by atoms with Crippen LogP contribution in [-0.2, 0) is 21.4 Å². The zero-order valence-corrected chi connectivity index (χ0v) is 19.8. The largest absolute Gasteiger partial charge is 0.495 e. The lowest BCUT2D eigenvalue weighted by Gasteiger charge is -2.12. The van der Waals surface area contributed by atoms with Crippen molar-refractivity contribution in [2.75, 3.05) is 11.8 Å². The Morgan fingerprint density at radius 1 is 0.829 bits per heavy atom. The van der Waals surface area contributed by atoms with Crippen molar-refractivity contribution >= 4 is 33.4 Å². The van der Waals surface area contributed by atoms with Gasteiger partial charge in [-0.15, -0.1) is 0 Å². The lowest BCUT2D eigenvalue weighted by atomic mass is 10.1. The molecule has 3 amide bonds. The normalized spacial score (nSPS) is 10.7. The summed E-state index contributed by atoms with van der Waals surface area (Å²) in [7, 11) is -2.59. The van der Waals surface area contributed by atoms with Crippen LogP contribution in [0, 0.1) is 0 Å². The first-order valence-electron chi connectivity index (χ1n) is 10.4. The van der Waals surface area contributed by atoms with E-state index in [-0.39, 0.29) is 27.6 Å². The van der Waals surface area contributed by atoms with Crippen molar-refractivity contribution in [1.29, 1.82) is 0 Å². The van der Waals surface area contributed by atoms with E-state index in [9.17, 15) is 22.8 Å². The minimum absolute atomic E-state index is 0.0267. The van der Waals surface area contributed by atoms with Gasteiger partial charge in [0.2, 0.25) is 5.91 Å². The molecule has 0 heterocycles. The van der Waals surface area contributed by atoms with E-state index in [0.29, 0.717) is 12.3 Å². The van der Waals surface area contributed by atoms with Crippen LogP contribution >= 0.6 is 0 Å². The minimum Gasteiger partial charge on any atom is -0.495 e. The Balaban J connectivity index is 1.64. The van der Waals surface area contributed by atoms with Gasteiger partial charge in [-0.05, 0) is 48.0 Å². The number of hydrogen-bond donors (Lipinski definition) is 4. The highest BCUT2D eigenvalue weighted by atomic mass is 32.2. The Morgan fingerprint density at radius 2 is 1.49 bits per heavy atom. The average molecular weight is 497 g/mol. The number of para-hydroxylation sites is 2. The van der Waals surface area contributed by atoms with E-state index in [1.807, 2.05) is 0 Å². The van der Waals surface area contributed by atoms with Gasteiger partial charge in [0.05, 0.1) is 17.7 Å². The number of carbonyl (C=O) groups is 3. The topological polar surface area (TPSA) is 143 Å². The fourth-order valence-corrected chi connectivity index (χ4v) is 4.11. The molecular weight excluding hydrogens is 472 g/mol. The second kappa shape index (κ2) is 11.2. The summed E-state index contributed by atoms with van der Waals surface area (Å²) in [4.78, 5) is 35.7. The summed E-state index contributed by atoms with van der Waals surface area (Å²) in [5.74, 6) is -1.08. The Labute approximate surface area is 202 Å². The zero-order valence-electron chi connectivity index (χ0n) is 19.0. The second-order valence-electron chi connectivity index (χ2n) is 7.35. The first-order valence-corrected chi connectivity index (χ1v) is 11.9. The van der Waals surface area contributed by atoms with Crippen molar-refractivity contribution in [2.45, 2.75) is 18.4 Å². The molecule has 3 rings (SSSR count). The monoisotopic (exact) mass is 496 g/mol. The van der Waals surface area contributed by atoms with Gasteiger partial charge in [-0.2, -0.15) is 0 Å². The van der Waals surface area contributed by atoms with E-state index in [2.05, 4.69) is 20.9 Å². The molecule has 3 aromatic carbocycles. The molecule has 0 spiro atoms. The van der Waals surface area contributed by atoms with Crippen LogP contribution < -0.4 is 25.6 Å². The highest BCUT2D eigenvalue weighted by Crippen LogP contribution is 2.26. The van der Waals surface area contributed by atoms with Crippen LogP contribution in [0.5, 0.6) is 5.75 Å². The molecule has 0 saturated heterocycles. The molecular formula is C24H24N4O6S. The molecule has 35 heavy (non-hydrogen) atoms. The summed E-state index contributed by atoms with van der Waals surface area (Å²) in [5, 5.41) is 2.65. The number of hydrazine groups is 1. The molecule has 0 aromatic heterocycles. The predicted octanol–water partition coefficient (Wildman–Crippen LogP) is 2.21. The summed E-state index contributed by atoms with van der Waals surface area (Å²) in [6, 6.07) is 18.3. The molecule has 0 aliphatic carbocycles. The van der Waals surface area contributed by atoms with Gasteiger partial charge < -0.3 is 10.1 Å². The number of rotatable bonds is 8. The number of ether oxygens (including phenoxy) is 1.